The molecule has 1 unspecified atom stereocenters. The van der Waals surface area contributed by atoms with Crippen molar-refractivity contribution in [2.24, 2.45) is 0 Å². The summed E-state index contributed by atoms with van der Waals surface area (Å²) in [7, 11) is 0. The normalized spacial score (nSPS) is 12.5. The highest BCUT2D eigenvalue weighted by Crippen LogP contribution is 2.32. The molecule has 0 fully saturated rings. The van der Waals surface area contributed by atoms with E-state index >= 15 is 0 Å². The summed E-state index contributed by atoms with van der Waals surface area (Å²) >= 11 is 15.4. The molecule has 100 valence electrons. The molecule has 0 radical (unpaired) electrons. The van der Waals surface area contributed by atoms with Crippen LogP contribution in [0.25, 0.3) is 0 Å². The van der Waals surface area contributed by atoms with Gasteiger partial charge in [0.2, 0.25) is 0 Å². The van der Waals surface area contributed by atoms with Gasteiger partial charge in [-0.15, -0.1) is 0 Å². The third kappa shape index (κ3) is 3.14. The van der Waals surface area contributed by atoms with Gasteiger partial charge in [0.25, 0.3) is 0 Å². The standard InChI is InChI=1S/C15H13BrCl2O/c1-8-6-12(16)9(2)5-11(8)15(19)10-3-4-13(17)14(18)7-10/h3-7,15,19H,1-2H3. The van der Waals surface area contributed by atoms with Gasteiger partial charge in [0.15, 0.2) is 0 Å². The largest absolute Gasteiger partial charge is 0.384 e. The second kappa shape index (κ2) is 5.84. The third-order valence-electron chi connectivity index (χ3n) is 3.10. The van der Waals surface area contributed by atoms with Gasteiger partial charge in [0, 0.05) is 4.47 Å². The fourth-order valence-electron chi connectivity index (χ4n) is 1.96. The van der Waals surface area contributed by atoms with Crippen molar-refractivity contribution in [2.75, 3.05) is 0 Å². The van der Waals surface area contributed by atoms with Gasteiger partial charge in [-0.1, -0.05) is 51.3 Å². The van der Waals surface area contributed by atoms with Crippen LogP contribution < -0.4 is 0 Å². The summed E-state index contributed by atoms with van der Waals surface area (Å²) in [5.41, 5.74) is 3.72. The molecule has 0 saturated heterocycles. The molecule has 2 aromatic rings. The van der Waals surface area contributed by atoms with Crippen LogP contribution in [0.5, 0.6) is 0 Å². The van der Waals surface area contributed by atoms with E-state index in [4.69, 9.17) is 23.2 Å². The summed E-state index contributed by atoms with van der Waals surface area (Å²) in [5.74, 6) is 0. The number of hydrogen-bond acceptors (Lipinski definition) is 1. The number of halogens is 3. The molecule has 4 heteroatoms. The van der Waals surface area contributed by atoms with Gasteiger partial charge in [0.05, 0.1) is 10.0 Å². The zero-order valence-corrected chi connectivity index (χ0v) is 13.6. The van der Waals surface area contributed by atoms with Crippen molar-refractivity contribution in [3.8, 4) is 0 Å². The summed E-state index contributed by atoms with van der Waals surface area (Å²) in [6, 6.07) is 9.17. The number of rotatable bonds is 2. The molecule has 0 saturated carbocycles. The smallest absolute Gasteiger partial charge is 0.104 e. The molecule has 0 aliphatic carbocycles. The first-order valence-corrected chi connectivity index (χ1v) is 7.34. The number of hydrogen-bond donors (Lipinski definition) is 1. The van der Waals surface area contributed by atoms with Crippen LogP contribution in [0.3, 0.4) is 0 Å². The summed E-state index contributed by atoms with van der Waals surface area (Å²) in [6.45, 7) is 3.97. The molecule has 1 N–H and O–H groups in total. The predicted octanol–water partition coefficient (Wildman–Crippen LogP) is 5.45. The van der Waals surface area contributed by atoms with Gasteiger partial charge in [-0.25, -0.2) is 0 Å². The molecular weight excluding hydrogens is 347 g/mol. The number of benzene rings is 2. The van der Waals surface area contributed by atoms with E-state index in [1.165, 1.54) is 0 Å². The fourth-order valence-corrected chi connectivity index (χ4v) is 2.72. The second-order valence-electron chi connectivity index (χ2n) is 4.53. The van der Waals surface area contributed by atoms with Crippen LogP contribution in [0.1, 0.15) is 28.4 Å². The van der Waals surface area contributed by atoms with E-state index in [0.717, 1.165) is 26.7 Å². The lowest BCUT2D eigenvalue weighted by molar-refractivity contribution is 0.219. The molecule has 19 heavy (non-hydrogen) atoms. The Bertz CT molecular complexity index is 626. The molecule has 1 atom stereocenters. The van der Waals surface area contributed by atoms with Gasteiger partial charge in [0.1, 0.15) is 6.10 Å². The molecule has 1 nitrogen and oxygen atoms in total. The van der Waals surface area contributed by atoms with Crippen molar-refractivity contribution >= 4 is 39.1 Å². The molecule has 0 aromatic heterocycles. The maximum absolute atomic E-state index is 10.5. The van der Waals surface area contributed by atoms with Crippen LogP contribution in [-0.2, 0) is 0 Å². The van der Waals surface area contributed by atoms with Crippen molar-refractivity contribution in [3.63, 3.8) is 0 Å². The highest BCUT2D eigenvalue weighted by molar-refractivity contribution is 9.10. The molecule has 0 spiro atoms. The van der Waals surface area contributed by atoms with Crippen LogP contribution in [0.15, 0.2) is 34.8 Å². The zero-order valence-electron chi connectivity index (χ0n) is 10.5. The topological polar surface area (TPSA) is 20.2 Å². The van der Waals surface area contributed by atoms with Gasteiger partial charge < -0.3 is 5.11 Å². The first-order chi connectivity index (χ1) is 8.90. The summed E-state index contributed by atoms with van der Waals surface area (Å²) < 4.78 is 1.04. The van der Waals surface area contributed by atoms with E-state index in [-0.39, 0.29) is 0 Å². The Balaban J connectivity index is 2.46. The quantitative estimate of drug-likeness (QED) is 0.755. The van der Waals surface area contributed by atoms with Gasteiger partial charge >= 0.3 is 0 Å². The van der Waals surface area contributed by atoms with E-state index < -0.39 is 6.10 Å². The fraction of sp³-hybridized carbons (Fsp3) is 0.200. The van der Waals surface area contributed by atoms with Crippen molar-refractivity contribution in [1.29, 1.82) is 0 Å². The Morgan fingerprint density at radius 2 is 1.68 bits per heavy atom. The molecular formula is C15H13BrCl2O. The Morgan fingerprint density at radius 1 is 1.00 bits per heavy atom. The lowest BCUT2D eigenvalue weighted by Crippen LogP contribution is -2.03. The van der Waals surface area contributed by atoms with Crippen LogP contribution in [0, 0.1) is 13.8 Å². The second-order valence-corrected chi connectivity index (χ2v) is 6.20. The van der Waals surface area contributed by atoms with Gasteiger partial charge in [-0.2, -0.15) is 0 Å². The Kier molecular flexibility index (Phi) is 4.57. The lowest BCUT2D eigenvalue weighted by Gasteiger charge is -2.16. The summed E-state index contributed by atoms with van der Waals surface area (Å²) in [4.78, 5) is 0. The highest BCUT2D eigenvalue weighted by Gasteiger charge is 2.15. The van der Waals surface area contributed by atoms with Crippen molar-refractivity contribution in [3.05, 3.63) is 67.1 Å². The Hall–Kier alpha value is -0.540. The maximum Gasteiger partial charge on any atom is 0.104 e. The van der Waals surface area contributed by atoms with E-state index in [9.17, 15) is 5.11 Å². The van der Waals surface area contributed by atoms with E-state index in [1.807, 2.05) is 26.0 Å². The number of aryl methyl sites for hydroxylation is 2. The minimum Gasteiger partial charge on any atom is -0.384 e. The summed E-state index contributed by atoms with van der Waals surface area (Å²) in [6.07, 6.45) is -0.707. The Labute approximate surface area is 131 Å². The van der Waals surface area contributed by atoms with Crippen LogP contribution in [0.4, 0.5) is 0 Å². The molecule has 0 amide bonds. The third-order valence-corrected chi connectivity index (χ3v) is 4.69. The van der Waals surface area contributed by atoms with Crippen LogP contribution in [-0.4, -0.2) is 5.11 Å². The summed E-state index contributed by atoms with van der Waals surface area (Å²) in [5, 5.41) is 11.4. The Morgan fingerprint density at radius 3 is 2.32 bits per heavy atom. The van der Waals surface area contributed by atoms with E-state index in [0.29, 0.717) is 10.0 Å². The molecule has 0 aliphatic rings. The molecule has 0 aliphatic heterocycles. The highest BCUT2D eigenvalue weighted by atomic mass is 79.9. The van der Waals surface area contributed by atoms with E-state index in [2.05, 4.69) is 15.9 Å². The molecule has 2 aromatic carbocycles. The van der Waals surface area contributed by atoms with Crippen LogP contribution in [0.2, 0.25) is 10.0 Å². The van der Waals surface area contributed by atoms with E-state index in [1.54, 1.807) is 18.2 Å². The zero-order chi connectivity index (χ0) is 14.2. The minimum atomic E-state index is -0.707. The molecule has 0 heterocycles. The van der Waals surface area contributed by atoms with Crippen molar-refractivity contribution in [2.45, 2.75) is 20.0 Å². The number of aliphatic hydroxyl groups is 1. The lowest BCUT2D eigenvalue weighted by atomic mass is 9.96. The minimum absolute atomic E-state index is 0.449. The van der Waals surface area contributed by atoms with Gasteiger partial charge in [-0.3, -0.25) is 0 Å². The average molecular weight is 360 g/mol. The first-order valence-electron chi connectivity index (χ1n) is 5.80. The van der Waals surface area contributed by atoms with Gasteiger partial charge in [-0.05, 0) is 54.3 Å². The average Bonchev–Trinajstić information content (AvgIpc) is 2.36. The SMILES string of the molecule is Cc1cc(C(O)c2ccc(Cl)c(Cl)c2)c(C)cc1Br. The number of aliphatic hydroxyl groups excluding tert-OH is 1. The molecule has 2 rings (SSSR count). The molecule has 0 bridgehead atoms. The van der Waals surface area contributed by atoms with Crippen molar-refractivity contribution < 1.29 is 5.11 Å². The van der Waals surface area contributed by atoms with Crippen LogP contribution >= 0.6 is 39.1 Å². The van der Waals surface area contributed by atoms with Crippen molar-refractivity contribution in [1.82, 2.24) is 0 Å². The monoisotopic (exact) mass is 358 g/mol. The maximum atomic E-state index is 10.5. The predicted molar refractivity (Wildman–Crippen MR) is 84.1 cm³/mol. The first kappa shape index (κ1) is 14.9.